The molecule has 2 heterocycles. The molecule has 0 bridgehead atoms. The van der Waals surface area contributed by atoms with Crippen molar-refractivity contribution in [3.05, 3.63) is 78.0 Å². The number of benzene rings is 2. The van der Waals surface area contributed by atoms with Gasteiger partial charge in [-0.05, 0) is 49.2 Å². The van der Waals surface area contributed by atoms with Crippen LogP contribution in [0.2, 0.25) is 0 Å². The van der Waals surface area contributed by atoms with Gasteiger partial charge in [0.2, 0.25) is 0 Å². The van der Waals surface area contributed by atoms with Crippen molar-refractivity contribution in [2.75, 3.05) is 20.2 Å². The number of hydrogen-bond donors (Lipinski definition) is 0. The SMILES string of the molecule is COc1cccc(-c2cncc(C3CCN(C(=O)c4ccc(F)cc4)CC3)n2)c1. The van der Waals surface area contributed by atoms with Gasteiger partial charge in [-0.15, -0.1) is 0 Å². The molecule has 1 saturated heterocycles. The number of hydrogen-bond acceptors (Lipinski definition) is 4. The van der Waals surface area contributed by atoms with Gasteiger partial charge in [-0.3, -0.25) is 9.78 Å². The molecule has 0 saturated carbocycles. The zero-order chi connectivity index (χ0) is 20.2. The van der Waals surface area contributed by atoms with Gasteiger partial charge in [0.25, 0.3) is 5.91 Å². The third-order valence-corrected chi connectivity index (χ3v) is 5.31. The monoisotopic (exact) mass is 391 g/mol. The lowest BCUT2D eigenvalue weighted by molar-refractivity contribution is 0.0712. The third kappa shape index (κ3) is 4.26. The Morgan fingerprint density at radius 1 is 1.10 bits per heavy atom. The summed E-state index contributed by atoms with van der Waals surface area (Å²) in [5.74, 6) is 0.641. The number of likely N-dealkylation sites (tertiary alicyclic amines) is 1. The molecule has 1 fully saturated rings. The molecule has 1 aliphatic heterocycles. The maximum atomic E-state index is 13.1. The van der Waals surface area contributed by atoms with Crippen LogP contribution >= 0.6 is 0 Å². The smallest absolute Gasteiger partial charge is 0.253 e. The quantitative estimate of drug-likeness (QED) is 0.665. The largest absolute Gasteiger partial charge is 0.497 e. The van der Waals surface area contributed by atoms with Crippen molar-refractivity contribution in [2.24, 2.45) is 0 Å². The molecule has 3 aromatic rings. The number of methoxy groups -OCH3 is 1. The molecule has 1 aromatic heterocycles. The van der Waals surface area contributed by atoms with E-state index >= 15 is 0 Å². The van der Waals surface area contributed by atoms with Crippen LogP contribution in [-0.2, 0) is 0 Å². The van der Waals surface area contributed by atoms with Crippen LogP contribution in [0.5, 0.6) is 5.75 Å². The van der Waals surface area contributed by atoms with Crippen molar-refractivity contribution in [3.8, 4) is 17.0 Å². The minimum absolute atomic E-state index is 0.0559. The zero-order valence-corrected chi connectivity index (χ0v) is 16.2. The normalized spacial score (nSPS) is 14.6. The van der Waals surface area contributed by atoms with E-state index in [0.29, 0.717) is 18.7 Å². The third-order valence-electron chi connectivity index (χ3n) is 5.31. The van der Waals surface area contributed by atoms with Crippen molar-refractivity contribution in [1.29, 1.82) is 0 Å². The Morgan fingerprint density at radius 3 is 2.59 bits per heavy atom. The molecule has 0 atom stereocenters. The Kier molecular flexibility index (Phi) is 5.51. The number of amides is 1. The van der Waals surface area contributed by atoms with E-state index < -0.39 is 0 Å². The second-order valence-corrected chi connectivity index (χ2v) is 7.13. The van der Waals surface area contributed by atoms with Crippen LogP contribution in [0, 0.1) is 5.82 Å². The number of ether oxygens (including phenoxy) is 1. The molecular weight excluding hydrogens is 369 g/mol. The van der Waals surface area contributed by atoms with Gasteiger partial charge in [0, 0.05) is 36.3 Å². The van der Waals surface area contributed by atoms with E-state index in [1.807, 2.05) is 35.4 Å². The first-order chi connectivity index (χ1) is 14.1. The molecular formula is C23H22FN3O2. The topological polar surface area (TPSA) is 55.3 Å². The van der Waals surface area contributed by atoms with E-state index in [1.165, 1.54) is 24.3 Å². The molecule has 5 nitrogen and oxygen atoms in total. The molecule has 148 valence electrons. The summed E-state index contributed by atoms with van der Waals surface area (Å²) < 4.78 is 18.4. The summed E-state index contributed by atoms with van der Waals surface area (Å²) in [6.07, 6.45) is 5.21. The number of carbonyl (C=O) groups excluding carboxylic acids is 1. The average molecular weight is 391 g/mol. The summed E-state index contributed by atoms with van der Waals surface area (Å²) in [6.45, 7) is 1.29. The maximum Gasteiger partial charge on any atom is 0.253 e. The number of halogens is 1. The molecule has 6 heteroatoms. The van der Waals surface area contributed by atoms with Crippen molar-refractivity contribution in [1.82, 2.24) is 14.9 Å². The number of nitrogens with zero attached hydrogens (tertiary/aromatic N) is 3. The second kappa shape index (κ2) is 8.39. The Hall–Kier alpha value is -3.28. The Labute approximate surface area is 169 Å². The van der Waals surface area contributed by atoms with E-state index in [1.54, 1.807) is 13.3 Å². The number of carbonyl (C=O) groups is 1. The second-order valence-electron chi connectivity index (χ2n) is 7.13. The maximum absolute atomic E-state index is 13.1. The van der Waals surface area contributed by atoms with Crippen LogP contribution in [0.15, 0.2) is 60.9 Å². The van der Waals surface area contributed by atoms with Gasteiger partial charge in [0.05, 0.1) is 24.7 Å². The van der Waals surface area contributed by atoms with E-state index in [-0.39, 0.29) is 17.6 Å². The fraction of sp³-hybridized carbons (Fsp3) is 0.261. The first-order valence-electron chi connectivity index (χ1n) is 9.65. The first kappa shape index (κ1) is 19.1. The highest BCUT2D eigenvalue weighted by Crippen LogP contribution is 2.29. The van der Waals surface area contributed by atoms with E-state index in [4.69, 9.17) is 9.72 Å². The van der Waals surface area contributed by atoms with E-state index in [2.05, 4.69) is 4.98 Å². The minimum Gasteiger partial charge on any atom is -0.497 e. The summed E-state index contributed by atoms with van der Waals surface area (Å²) in [5.41, 5.74) is 3.23. The molecule has 1 amide bonds. The molecule has 4 rings (SSSR count). The highest BCUT2D eigenvalue weighted by atomic mass is 19.1. The highest BCUT2D eigenvalue weighted by molar-refractivity contribution is 5.94. The van der Waals surface area contributed by atoms with Gasteiger partial charge in [-0.1, -0.05) is 12.1 Å². The summed E-state index contributed by atoms with van der Waals surface area (Å²) >= 11 is 0. The number of aromatic nitrogens is 2. The minimum atomic E-state index is -0.338. The van der Waals surface area contributed by atoms with Gasteiger partial charge in [-0.2, -0.15) is 0 Å². The van der Waals surface area contributed by atoms with Gasteiger partial charge >= 0.3 is 0 Å². The van der Waals surface area contributed by atoms with Crippen LogP contribution in [0.1, 0.15) is 34.8 Å². The van der Waals surface area contributed by atoms with E-state index in [9.17, 15) is 9.18 Å². The summed E-state index contributed by atoms with van der Waals surface area (Å²) in [7, 11) is 1.64. The Morgan fingerprint density at radius 2 is 1.86 bits per heavy atom. The standard InChI is InChI=1S/C23H22FN3O2/c1-29-20-4-2-3-18(13-20)22-15-25-14-21(26-22)16-9-11-27(12-10-16)23(28)17-5-7-19(24)8-6-17/h2-8,13-16H,9-12H2,1H3. The van der Waals surface area contributed by atoms with Gasteiger partial charge in [0.1, 0.15) is 11.6 Å². The lowest BCUT2D eigenvalue weighted by Crippen LogP contribution is -2.38. The molecule has 0 radical (unpaired) electrons. The highest BCUT2D eigenvalue weighted by Gasteiger charge is 2.25. The van der Waals surface area contributed by atoms with Crippen molar-refractivity contribution >= 4 is 5.91 Å². The Bertz CT molecular complexity index is 999. The van der Waals surface area contributed by atoms with Gasteiger partial charge in [-0.25, -0.2) is 9.37 Å². The molecule has 0 unspecified atom stereocenters. The van der Waals surface area contributed by atoms with Crippen molar-refractivity contribution in [3.63, 3.8) is 0 Å². The summed E-state index contributed by atoms with van der Waals surface area (Å²) in [6, 6.07) is 13.5. The zero-order valence-electron chi connectivity index (χ0n) is 16.2. The van der Waals surface area contributed by atoms with Crippen LogP contribution in [0.4, 0.5) is 4.39 Å². The molecule has 0 spiro atoms. The lowest BCUT2D eigenvalue weighted by atomic mass is 9.93. The van der Waals surface area contributed by atoms with E-state index in [0.717, 1.165) is 35.5 Å². The van der Waals surface area contributed by atoms with Gasteiger partial charge < -0.3 is 9.64 Å². The van der Waals surface area contributed by atoms with Crippen molar-refractivity contribution in [2.45, 2.75) is 18.8 Å². The molecule has 1 aliphatic rings. The molecule has 29 heavy (non-hydrogen) atoms. The molecule has 0 N–H and O–H groups in total. The van der Waals surface area contributed by atoms with Gasteiger partial charge in [0.15, 0.2) is 0 Å². The number of piperidine rings is 1. The predicted molar refractivity (Wildman–Crippen MR) is 108 cm³/mol. The van der Waals surface area contributed by atoms with Crippen LogP contribution < -0.4 is 4.74 Å². The summed E-state index contributed by atoms with van der Waals surface area (Å²) in [5, 5.41) is 0. The predicted octanol–water partition coefficient (Wildman–Crippen LogP) is 4.31. The fourth-order valence-electron chi connectivity index (χ4n) is 3.65. The Balaban J connectivity index is 1.44. The fourth-order valence-corrected chi connectivity index (χ4v) is 3.65. The molecule has 0 aliphatic carbocycles. The first-order valence-corrected chi connectivity index (χ1v) is 9.65. The summed E-state index contributed by atoms with van der Waals surface area (Å²) in [4.78, 5) is 23.6. The van der Waals surface area contributed by atoms with Crippen LogP contribution in [-0.4, -0.2) is 41.0 Å². The van der Waals surface area contributed by atoms with Crippen LogP contribution in [0.3, 0.4) is 0 Å². The molecule has 2 aromatic carbocycles. The average Bonchev–Trinajstić information content (AvgIpc) is 2.79. The van der Waals surface area contributed by atoms with Crippen LogP contribution in [0.25, 0.3) is 11.3 Å². The van der Waals surface area contributed by atoms with Crippen molar-refractivity contribution < 1.29 is 13.9 Å². The lowest BCUT2D eigenvalue weighted by Gasteiger charge is -2.31. The number of rotatable bonds is 4.